The van der Waals surface area contributed by atoms with Gasteiger partial charge in [0.1, 0.15) is 11.7 Å². The molecule has 1 unspecified atom stereocenters. The second-order valence-corrected chi connectivity index (χ2v) is 8.86. The fourth-order valence-corrected chi connectivity index (χ4v) is 5.00. The van der Waals surface area contributed by atoms with E-state index < -0.39 is 12.0 Å². The van der Waals surface area contributed by atoms with Crippen LogP contribution in [0.15, 0.2) is 48.5 Å². The van der Waals surface area contributed by atoms with Crippen LogP contribution in [0.25, 0.3) is 16.5 Å². The molecule has 2 aliphatic rings. The minimum atomic E-state index is -1.05. The van der Waals surface area contributed by atoms with Crippen molar-refractivity contribution < 1.29 is 19.5 Å². The molecule has 0 radical (unpaired) electrons. The molecule has 0 fully saturated rings. The van der Waals surface area contributed by atoms with Crippen LogP contribution in [0, 0.1) is 0 Å². The van der Waals surface area contributed by atoms with E-state index in [4.69, 9.17) is 11.6 Å². The number of benzene rings is 2. The van der Waals surface area contributed by atoms with Gasteiger partial charge in [0.15, 0.2) is 0 Å². The molecule has 5 rings (SSSR count). The van der Waals surface area contributed by atoms with Crippen LogP contribution in [0.2, 0.25) is 5.02 Å². The monoisotopic (exact) mass is 463 g/mol. The van der Waals surface area contributed by atoms with Crippen molar-refractivity contribution in [2.75, 3.05) is 13.1 Å². The van der Waals surface area contributed by atoms with Crippen LogP contribution in [0.3, 0.4) is 0 Å². The van der Waals surface area contributed by atoms with Crippen molar-refractivity contribution in [2.24, 2.45) is 0 Å². The molecule has 2 aromatic carbocycles. The largest absolute Gasteiger partial charge is 0.477 e. The number of carbonyl (C=O) groups is 3. The first-order valence-electron chi connectivity index (χ1n) is 10.8. The molecule has 2 amide bonds. The number of hydrogen-bond donors (Lipinski definition) is 2. The third-order valence-corrected chi connectivity index (χ3v) is 6.77. The lowest BCUT2D eigenvalue weighted by Gasteiger charge is -2.37. The molecule has 2 N–H and O–H groups in total. The number of carbonyl (C=O) groups excluding carboxylic acids is 2. The average molecular weight is 464 g/mol. The van der Waals surface area contributed by atoms with E-state index in [1.54, 1.807) is 15.9 Å². The first kappa shape index (κ1) is 21.3. The van der Waals surface area contributed by atoms with Crippen molar-refractivity contribution in [2.45, 2.75) is 25.4 Å². The summed E-state index contributed by atoms with van der Waals surface area (Å²) in [6.07, 6.45) is 4.03. The van der Waals surface area contributed by atoms with E-state index in [0.717, 1.165) is 28.7 Å². The SMILES string of the molecule is O=CN1Cc2ccccc2CC1C(=O)N1CCC=C(c2cc(Cl)c3cc(C(=O)O)[nH]c3c2)C1. The van der Waals surface area contributed by atoms with E-state index in [-0.39, 0.29) is 11.6 Å². The van der Waals surface area contributed by atoms with Crippen molar-refractivity contribution in [3.05, 3.63) is 75.9 Å². The number of aromatic nitrogens is 1. The number of carboxylic acid groups (broad SMARTS) is 1. The second kappa shape index (κ2) is 8.41. The van der Waals surface area contributed by atoms with Gasteiger partial charge >= 0.3 is 5.97 Å². The summed E-state index contributed by atoms with van der Waals surface area (Å²) >= 11 is 6.44. The molecular formula is C25H22ClN3O4. The van der Waals surface area contributed by atoms with Gasteiger partial charge in [-0.25, -0.2) is 4.79 Å². The molecule has 0 saturated heterocycles. The molecule has 8 heteroatoms. The Kier molecular flexibility index (Phi) is 5.42. The maximum Gasteiger partial charge on any atom is 0.352 e. The molecule has 7 nitrogen and oxygen atoms in total. The average Bonchev–Trinajstić information content (AvgIpc) is 3.28. The molecule has 0 spiro atoms. The van der Waals surface area contributed by atoms with Gasteiger partial charge in [0.2, 0.25) is 12.3 Å². The molecule has 0 bridgehead atoms. The zero-order valence-corrected chi connectivity index (χ0v) is 18.5. The number of aromatic carboxylic acids is 1. The van der Waals surface area contributed by atoms with Crippen LogP contribution in [0.1, 0.15) is 33.6 Å². The number of fused-ring (bicyclic) bond motifs is 2. The highest BCUT2D eigenvalue weighted by Gasteiger charge is 2.34. The Morgan fingerprint density at radius 1 is 1.12 bits per heavy atom. The Balaban J connectivity index is 1.39. The first-order chi connectivity index (χ1) is 15.9. The third kappa shape index (κ3) is 3.89. The van der Waals surface area contributed by atoms with Gasteiger partial charge in [-0.05, 0) is 46.9 Å². The lowest BCUT2D eigenvalue weighted by atomic mass is 9.93. The maximum absolute atomic E-state index is 13.5. The van der Waals surface area contributed by atoms with Gasteiger partial charge in [0.05, 0.1) is 5.02 Å². The zero-order chi connectivity index (χ0) is 23.1. The number of rotatable bonds is 4. The Labute approximate surface area is 195 Å². The van der Waals surface area contributed by atoms with Crippen LogP contribution in [0.5, 0.6) is 0 Å². The predicted molar refractivity (Wildman–Crippen MR) is 125 cm³/mol. The van der Waals surface area contributed by atoms with Crippen molar-refractivity contribution >= 4 is 46.4 Å². The Morgan fingerprint density at radius 3 is 2.67 bits per heavy atom. The topological polar surface area (TPSA) is 93.7 Å². The maximum atomic E-state index is 13.5. The number of amides is 2. The van der Waals surface area contributed by atoms with E-state index in [0.29, 0.717) is 48.4 Å². The molecule has 3 aromatic rings. The van der Waals surface area contributed by atoms with Gasteiger partial charge in [-0.3, -0.25) is 9.59 Å². The molecule has 2 aliphatic heterocycles. The third-order valence-electron chi connectivity index (χ3n) is 6.46. The quantitative estimate of drug-likeness (QED) is 0.577. The second-order valence-electron chi connectivity index (χ2n) is 8.45. The fourth-order valence-electron chi connectivity index (χ4n) is 4.73. The molecule has 168 valence electrons. The molecular weight excluding hydrogens is 442 g/mol. The number of H-pyrrole nitrogens is 1. The Morgan fingerprint density at radius 2 is 1.91 bits per heavy atom. The molecule has 0 saturated carbocycles. The summed E-state index contributed by atoms with van der Waals surface area (Å²) in [5.41, 5.74) is 4.66. The number of aromatic amines is 1. The highest BCUT2D eigenvalue weighted by atomic mass is 35.5. The number of carboxylic acids is 1. The highest BCUT2D eigenvalue weighted by Crippen LogP contribution is 2.32. The number of nitrogens with one attached hydrogen (secondary N) is 1. The van der Waals surface area contributed by atoms with E-state index in [1.807, 2.05) is 30.3 Å². The molecule has 1 aromatic heterocycles. The smallest absolute Gasteiger partial charge is 0.352 e. The van der Waals surface area contributed by atoms with Crippen molar-refractivity contribution in [1.82, 2.24) is 14.8 Å². The molecule has 33 heavy (non-hydrogen) atoms. The number of halogens is 1. The van der Waals surface area contributed by atoms with Gasteiger partial charge < -0.3 is 19.9 Å². The standard InChI is InChI=1S/C25H22ClN3O4/c26-20-8-18(9-21-19(20)11-22(27-21)25(32)33)17-6-3-7-28(12-17)24(31)23-10-15-4-1-2-5-16(15)13-29(23)14-30/h1-2,4-6,8-9,11,14,23,27H,3,7,10,12-13H2,(H,32,33). The van der Waals surface area contributed by atoms with E-state index in [9.17, 15) is 19.5 Å². The van der Waals surface area contributed by atoms with Crippen LogP contribution in [-0.4, -0.2) is 57.3 Å². The summed E-state index contributed by atoms with van der Waals surface area (Å²) in [7, 11) is 0. The van der Waals surface area contributed by atoms with Gasteiger partial charge in [-0.2, -0.15) is 0 Å². The van der Waals surface area contributed by atoms with E-state index in [1.165, 1.54) is 6.07 Å². The summed E-state index contributed by atoms with van der Waals surface area (Å²) in [5, 5.41) is 10.4. The highest BCUT2D eigenvalue weighted by molar-refractivity contribution is 6.35. The summed E-state index contributed by atoms with van der Waals surface area (Å²) in [5.74, 6) is -1.12. The van der Waals surface area contributed by atoms with Gasteiger partial charge in [0, 0.05) is 37.0 Å². The van der Waals surface area contributed by atoms with E-state index >= 15 is 0 Å². The lowest BCUT2D eigenvalue weighted by molar-refractivity contribution is -0.141. The lowest BCUT2D eigenvalue weighted by Crippen LogP contribution is -2.52. The minimum absolute atomic E-state index is 0.0672. The summed E-state index contributed by atoms with van der Waals surface area (Å²) in [4.78, 5) is 42.8. The van der Waals surface area contributed by atoms with Crippen molar-refractivity contribution in [3.63, 3.8) is 0 Å². The van der Waals surface area contributed by atoms with Crippen LogP contribution >= 0.6 is 11.6 Å². The van der Waals surface area contributed by atoms with Crippen LogP contribution in [-0.2, 0) is 22.6 Å². The summed E-state index contributed by atoms with van der Waals surface area (Å²) in [6.45, 7) is 1.41. The van der Waals surface area contributed by atoms with Crippen LogP contribution < -0.4 is 0 Å². The van der Waals surface area contributed by atoms with Crippen molar-refractivity contribution in [3.8, 4) is 0 Å². The molecule has 1 atom stereocenters. The Hall–Kier alpha value is -3.58. The number of hydrogen-bond acceptors (Lipinski definition) is 3. The summed E-state index contributed by atoms with van der Waals surface area (Å²) in [6, 6.07) is 12.6. The van der Waals surface area contributed by atoms with Gasteiger partial charge in [-0.1, -0.05) is 41.9 Å². The van der Waals surface area contributed by atoms with Gasteiger partial charge in [-0.15, -0.1) is 0 Å². The first-order valence-corrected chi connectivity index (χ1v) is 11.1. The fraction of sp³-hybridized carbons (Fsp3) is 0.240. The van der Waals surface area contributed by atoms with E-state index in [2.05, 4.69) is 11.1 Å². The summed E-state index contributed by atoms with van der Waals surface area (Å²) < 4.78 is 0. The molecule has 3 heterocycles. The molecule has 0 aliphatic carbocycles. The van der Waals surface area contributed by atoms with Gasteiger partial charge in [0.25, 0.3) is 0 Å². The normalized spacial score (nSPS) is 18.1. The number of nitrogens with zero attached hydrogens (tertiary/aromatic N) is 2. The minimum Gasteiger partial charge on any atom is -0.477 e. The zero-order valence-electron chi connectivity index (χ0n) is 17.8. The van der Waals surface area contributed by atoms with Crippen molar-refractivity contribution in [1.29, 1.82) is 0 Å². The van der Waals surface area contributed by atoms with Crippen LogP contribution in [0.4, 0.5) is 0 Å². The Bertz CT molecular complexity index is 1310. The predicted octanol–water partition coefficient (Wildman–Crippen LogP) is 3.72.